The van der Waals surface area contributed by atoms with Crippen molar-refractivity contribution in [3.8, 4) is 193 Å². The van der Waals surface area contributed by atoms with Gasteiger partial charge in [-0.25, -0.2) is 79.6 Å². The van der Waals surface area contributed by atoms with E-state index in [0.29, 0.717) is 104 Å². The summed E-state index contributed by atoms with van der Waals surface area (Å²) in [6, 6.07) is 138. The number of nitrogens with zero attached hydrogens (tertiary/aromatic N) is 18. The van der Waals surface area contributed by atoms with Crippen LogP contribution in [0.4, 0.5) is 5.69 Å². The smallest absolute Gasteiger partial charge is 0.189 e. The Morgan fingerprint density at radius 1 is 0.154 bits per heavy atom. The van der Waals surface area contributed by atoms with Crippen molar-refractivity contribution in [2.45, 2.75) is 0 Å². The van der Waals surface area contributed by atoms with Crippen LogP contribution >= 0.6 is 0 Å². The Morgan fingerprint density at radius 3 is 0.546 bits per heavy atom. The molecule has 7 aromatic heterocycles. The second-order valence-electron chi connectivity index (χ2n) is 31.3. The van der Waals surface area contributed by atoms with Gasteiger partial charge >= 0.3 is 0 Å². The summed E-state index contributed by atoms with van der Waals surface area (Å²) in [6.45, 7) is 9.00. The fourth-order valence-corrected chi connectivity index (χ4v) is 16.9. The molecule has 0 atom stereocenters. The van der Waals surface area contributed by atoms with Gasteiger partial charge in [0, 0.05) is 122 Å². The molecule has 23 aromatic rings. The van der Waals surface area contributed by atoms with E-state index < -0.39 is 0 Å². The molecule has 0 saturated heterocycles. The normalized spacial score (nSPS) is 11.4. The summed E-state index contributed by atoms with van der Waals surface area (Å²) in [4.78, 5) is 83.2. The number of rotatable bonds is 18. The highest BCUT2D eigenvalue weighted by Crippen LogP contribution is 2.47. The summed E-state index contributed by atoms with van der Waals surface area (Å²) in [5, 5.41) is 3.44. The molecule has 0 N–H and O–H groups in total. The predicted molar refractivity (Wildman–Crippen MR) is 515 cm³/mol. The molecule has 606 valence electrons. The van der Waals surface area contributed by atoms with Crippen LogP contribution in [0.3, 0.4) is 0 Å². The van der Waals surface area contributed by atoms with Gasteiger partial charge < -0.3 is 9.13 Å². The van der Waals surface area contributed by atoms with Crippen molar-refractivity contribution in [1.82, 2.24) is 83.9 Å². The van der Waals surface area contributed by atoms with Gasteiger partial charge in [0.2, 0.25) is 0 Å². The molecule has 0 aliphatic heterocycles. The Labute approximate surface area is 745 Å². The summed E-state index contributed by atoms with van der Waals surface area (Å²) in [5.41, 5.74) is 18.8. The minimum atomic E-state index is 0.404. The number of hydrogen-bond acceptors (Lipinski definition) is 15. The van der Waals surface area contributed by atoms with Crippen molar-refractivity contribution in [1.29, 1.82) is 0 Å². The monoisotopic (exact) mass is 1660 g/mol. The lowest BCUT2D eigenvalue weighted by Crippen LogP contribution is -2.04. The summed E-state index contributed by atoms with van der Waals surface area (Å²) in [7, 11) is 0. The zero-order valence-electron chi connectivity index (χ0n) is 69.3. The van der Waals surface area contributed by atoms with E-state index in [9.17, 15) is 0 Å². The van der Waals surface area contributed by atoms with E-state index in [-0.39, 0.29) is 0 Å². The zero-order valence-corrected chi connectivity index (χ0v) is 69.3. The molecule has 0 spiro atoms. The van der Waals surface area contributed by atoms with Gasteiger partial charge in [0.25, 0.3) is 0 Å². The molecule has 0 aliphatic rings. The number of benzene rings is 16. The summed E-state index contributed by atoms with van der Waals surface area (Å²) >= 11 is 0. The predicted octanol–water partition coefficient (Wildman–Crippen LogP) is 26.0. The van der Waals surface area contributed by atoms with Crippen molar-refractivity contribution in [2.24, 2.45) is 0 Å². The maximum absolute atomic E-state index is 9.00. The summed E-state index contributed by atoms with van der Waals surface area (Å²) in [5.74, 6) is 7.55. The molecule has 0 fully saturated rings. The van der Waals surface area contributed by atoms with Gasteiger partial charge in [-0.15, -0.1) is 0 Å². The number of hydrogen-bond donors (Lipinski definition) is 0. The van der Waals surface area contributed by atoms with Crippen LogP contribution in [0.15, 0.2) is 413 Å². The molecule has 0 saturated carbocycles. The quantitative estimate of drug-likeness (QED) is 0.0732. The Morgan fingerprint density at radius 2 is 0.338 bits per heavy atom. The lowest BCUT2D eigenvalue weighted by molar-refractivity contribution is 1.07. The fraction of sp³-hybridized carbons (Fsp3) is 0. The van der Waals surface area contributed by atoms with E-state index in [0.717, 1.165) is 138 Å². The third-order valence-corrected chi connectivity index (χ3v) is 23.2. The average Bonchev–Trinajstić information content (AvgIpc) is 1.57. The molecule has 0 bridgehead atoms. The molecule has 0 aliphatic carbocycles. The SMILES string of the molecule is [C-]#[N+]c1ccc(-c2cc(-c3nc(-c4ccccc4)nc(-c4ccccc4)n3)ccc2-n2c3ccc(-c4nc(-c5ccccc5)nc(-c5ccccc5)n4)cc3c3cc(-c4nc(-c5ccccc5)nc(-c5ccccc5)n4)ccc32)c(-n2c3ccc(-c4nc(-c5ccccc5)nc(-c5ccccc5)n4)cc3c3cc(-c4nc(-c5ccccc5)nc(-c5ccccc5)n4)ccc32)c1. The van der Waals surface area contributed by atoms with Crippen LogP contribution in [-0.4, -0.2) is 83.9 Å². The van der Waals surface area contributed by atoms with Crippen LogP contribution < -0.4 is 0 Å². The molecule has 0 amide bonds. The molecule has 18 heteroatoms. The van der Waals surface area contributed by atoms with Crippen LogP contribution in [0.25, 0.3) is 242 Å². The Kier molecular flexibility index (Phi) is 19.5. The second kappa shape index (κ2) is 33.0. The van der Waals surface area contributed by atoms with Crippen molar-refractivity contribution in [3.05, 3.63) is 424 Å². The highest BCUT2D eigenvalue weighted by molar-refractivity contribution is 6.14. The minimum Gasteiger partial charge on any atom is -0.310 e. The molecular formula is C112H68N18. The highest BCUT2D eigenvalue weighted by Gasteiger charge is 2.28. The van der Waals surface area contributed by atoms with Crippen molar-refractivity contribution in [3.63, 3.8) is 0 Å². The Hall–Kier alpha value is -18.3. The van der Waals surface area contributed by atoms with Crippen LogP contribution in [-0.2, 0) is 0 Å². The van der Waals surface area contributed by atoms with Gasteiger partial charge in [-0.3, -0.25) is 0 Å². The number of fused-ring (bicyclic) bond motifs is 6. The zero-order chi connectivity index (χ0) is 86.4. The maximum atomic E-state index is 9.00. The topological polar surface area (TPSA) is 208 Å². The summed E-state index contributed by atoms with van der Waals surface area (Å²) in [6.07, 6.45) is 0. The molecule has 18 nitrogen and oxygen atoms in total. The van der Waals surface area contributed by atoms with E-state index in [1.165, 1.54) is 0 Å². The van der Waals surface area contributed by atoms with E-state index >= 15 is 0 Å². The van der Waals surface area contributed by atoms with E-state index in [1.807, 2.05) is 315 Å². The third kappa shape index (κ3) is 14.6. The van der Waals surface area contributed by atoms with Gasteiger partial charge in [0.15, 0.2) is 93.1 Å². The van der Waals surface area contributed by atoms with Gasteiger partial charge in [-0.1, -0.05) is 315 Å². The minimum absolute atomic E-state index is 0.404. The third-order valence-electron chi connectivity index (χ3n) is 23.2. The molecule has 130 heavy (non-hydrogen) atoms. The number of aromatic nitrogens is 17. The molecule has 7 heterocycles. The first-order valence-corrected chi connectivity index (χ1v) is 42.5. The van der Waals surface area contributed by atoms with Crippen LogP contribution in [0, 0.1) is 6.57 Å². The van der Waals surface area contributed by atoms with Gasteiger partial charge in [0.05, 0.1) is 34.3 Å². The first-order valence-electron chi connectivity index (χ1n) is 42.5. The van der Waals surface area contributed by atoms with Gasteiger partial charge in [0.1, 0.15) is 0 Å². The highest BCUT2D eigenvalue weighted by atomic mass is 15.1. The first kappa shape index (κ1) is 76.5. The first-order chi connectivity index (χ1) is 64.3. The lowest BCUT2D eigenvalue weighted by atomic mass is 9.97. The van der Waals surface area contributed by atoms with Crippen molar-refractivity contribution >= 4 is 49.3 Å². The molecule has 16 aromatic carbocycles. The van der Waals surface area contributed by atoms with E-state index in [2.05, 4.69) is 111 Å². The summed E-state index contributed by atoms with van der Waals surface area (Å²) < 4.78 is 4.60. The maximum Gasteiger partial charge on any atom is 0.189 e. The molecule has 0 unspecified atom stereocenters. The van der Waals surface area contributed by atoms with Crippen LogP contribution in [0.5, 0.6) is 0 Å². The fourth-order valence-electron chi connectivity index (χ4n) is 16.9. The largest absolute Gasteiger partial charge is 0.310 e. The molecule has 23 rings (SSSR count). The van der Waals surface area contributed by atoms with Crippen LogP contribution in [0.2, 0.25) is 0 Å². The molecular weight excluding hydrogens is 1600 g/mol. The lowest BCUT2D eigenvalue weighted by Gasteiger charge is -2.20. The Bertz CT molecular complexity index is 7660. The van der Waals surface area contributed by atoms with Crippen molar-refractivity contribution in [2.75, 3.05) is 0 Å². The average molecular weight is 1670 g/mol. The molecule has 0 radical (unpaired) electrons. The second-order valence-corrected chi connectivity index (χ2v) is 31.3. The van der Waals surface area contributed by atoms with Crippen molar-refractivity contribution < 1.29 is 0 Å². The van der Waals surface area contributed by atoms with E-state index in [4.69, 9.17) is 81.3 Å². The van der Waals surface area contributed by atoms with Gasteiger partial charge in [-0.05, 0) is 97.1 Å². The van der Waals surface area contributed by atoms with Crippen LogP contribution in [0.1, 0.15) is 0 Å². The van der Waals surface area contributed by atoms with E-state index in [1.54, 1.807) is 0 Å². The standard InChI is InChI=1S/C112H68N18/c1-113-85-57-58-86(97(69-85)130-95-62-55-83(111-125-104(76-44-24-8-25-45-76)117-105(126-111)77-46-26-9-27-47-77)67-90(95)91-68-84(56-63-96(91)130)112-127-106(78-48-28-10-29-49-78)118-107(128-112)79-50-30-11-31-51-79)87-64-80(108-119-98(70-32-12-2-13-33-70)114-99(120-108)71-34-14-3-15-35-71)52-59-92(87)129-93-60-53-81(109-121-100(72-36-16-4-17-37-72)115-101(122-109)73-38-18-5-19-39-73)65-88(93)89-66-82(54-61-94(89)129)110-123-102(74-40-20-6-21-41-74)116-103(124-110)75-42-22-7-23-43-75/h2-69H. The van der Waals surface area contributed by atoms with Gasteiger partial charge in [-0.2, -0.15) is 0 Å². The Balaban J connectivity index is 0.800.